The van der Waals surface area contributed by atoms with E-state index in [-0.39, 0.29) is 11.9 Å². The van der Waals surface area contributed by atoms with Crippen molar-refractivity contribution in [2.75, 3.05) is 0 Å². The molecule has 2 aromatic rings. The molecule has 96 valence electrons. The fourth-order valence-corrected chi connectivity index (χ4v) is 2.83. The lowest BCUT2D eigenvalue weighted by Gasteiger charge is -2.18. The van der Waals surface area contributed by atoms with Crippen LogP contribution >= 0.6 is 0 Å². The molecule has 2 aromatic carbocycles. The number of amides is 1. The molecule has 3 rings (SSSR count). The molecule has 19 heavy (non-hydrogen) atoms. The van der Waals surface area contributed by atoms with Gasteiger partial charge in [-0.1, -0.05) is 49.4 Å². The zero-order valence-electron chi connectivity index (χ0n) is 11.0. The first-order valence-electron chi connectivity index (χ1n) is 6.69. The molecule has 1 amide bonds. The van der Waals surface area contributed by atoms with E-state index in [0.29, 0.717) is 5.92 Å². The van der Waals surface area contributed by atoms with Gasteiger partial charge in [0.2, 0.25) is 0 Å². The molecule has 0 aliphatic heterocycles. The van der Waals surface area contributed by atoms with Gasteiger partial charge in [-0.25, -0.2) is 0 Å². The molecule has 2 unspecified atom stereocenters. The molecule has 1 N–H and O–H groups in total. The minimum Gasteiger partial charge on any atom is -0.345 e. The summed E-state index contributed by atoms with van der Waals surface area (Å²) in [5.74, 6) is 0.458. The Morgan fingerprint density at radius 1 is 1.05 bits per heavy atom. The fourth-order valence-electron chi connectivity index (χ4n) is 2.83. The van der Waals surface area contributed by atoms with Gasteiger partial charge >= 0.3 is 0 Å². The lowest BCUT2D eigenvalue weighted by Crippen LogP contribution is -2.30. The normalized spacial score (nSPS) is 20.9. The summed E-state index contributed by atoms with van der Waals surface area (Å²) in [4.78, 5) is 12.2. The molecule has 2 atom stereocenters. The zero-order chi connectivity index (χ0) is 13.2. The summed E-state index contributed by atoms with van der Waals surface area (Å²) >= 11 is 0. The van der Waals surface area contributed by atoms with Crippen LogP contribution in [0.1, 0.15) is 34.5 Å². The van der Waals surface area contributed by atoms with Crippen LogP contribution in [0.4, 0.5) is 0 Å². The maximum Gasteiger partial charge on any atom is 0.251 e. The molecular formula is C17H17NO. The maximum absolute atomic E-state index is 12.2. The molecule has 0 saturated heterocycles. The first-order valence-corrected chi connectivity index (χ1v) is 6.69. The predicted octanol–water partition coefficient (Wildman–Crippen LogP) is 3.35. The minimum absolute atomic E-state index is 0.00848. The average Bonchev–Trinajstić information content (AvgIpc) is 2.76. The summed E-state index contributed by atoms with van der Waals surface area (Å²) in [6, 6.07) is 17.9. The van der Waals surface area contributed by atoms with Gasteiger partial charge in [0.05, 0.1) is 6.04 Å². The molecule has 0 heterocycles. The van der Waals surface area contributed by atoms with E-state index in [9.17, 15) is 4.79 Å². The molecule has 2 heteroatoms. The third kappa shape index (κ3) is 2.26. The molecule has 1 aliphatic rings. The average molecular weight is 251 g/mol. The van der Waals surface area contributed by atoms with Crippen molar-refractivity contribution in [2.45, 2.75) is 19.4 Å². The Morgan fingerprint density at radius 3 is 2.53 bits per heavy atom. The van der Waals surface area contributed by atoms with Crippen molar-refractivity contribution in [1.29, 1.82) is 0 Å². The number of fused-ring (bicyclic) bond motifs is 1. The highest BCUT2D eigenvalue weighted by atomic mass is 16.1. The standard InChI is InChI=1S/C17H17NO/c1-12-11-14-9-5-6-10-15(14)16(12)18-17(19)13-7-3-2-4-8-13/h2-10,12,16H,11H2,1H3,(H,18,19). The molecule has 0 aromatic heterocycles. The Labute approximate surface area is 113 Å². The number of rotatable bonds is 2. The van der Waals surface area contributed by atoms with Gasteiger partial charge in [0.25, 0.3) is 5.91 Å². The number of carbonyl (C=O) groups excluding carboxylic acids is 1. The molecule has 0 radical (unpaired) electrons. The first-order chi connectivity index (χ1) is 9.25. The first kappa shape index (κ1) is 12.0. The van der Waals surface area contributed by atoms with Gasteiger partial charge in [-0.05, 0) is 35.6 Å². The topological polar surface area (TPSA) is 29.1 Å². The third-order valence-electron chi connectivity index (χ3n) is 3.82. The quantitative estimate of drug-likeness (QED) is 0.871. The number of benzene rings is 2. The van der Waals surface area contributed by atoms with Gasteiger partial charge in [-0.15, -0.1) is 0 Å². The van der Waals surface area contributed by atoms with E-state index in [1.54, 1.807) is 0 Å². The molecule has 2 nitrogen and oxygen atoms in total. The van der Waals surface area contributed by atoms with E-state index < -0.39 is 0 Å². The van der Waals surface area contributed by atoms with Crippen LogP contribution in [0, 0.1) is 5.92 Å². The summed E-state index contributed by atoms with van der Waals surface area (Å²) in [5.41, 5.74) is 3.34. The van der Waals surface area contributed by atoms with Crippen molar-refractivity contribution in [3.8, 4) is 0 Å². The Morgan fingerprint density at radius 2 is 1.74 bits per heavy atom. The summed E-state index contributed by atoms with van der Waals surface area (Å²) in [6.45, 7) is 2.19. The van der Waals surface area contributed by atoms with Gasteiger partial charge in [-0.2, -0.15) is 0 Å². The lowest BCUT2D eigenvalue weighted by atomic mass is 10.0. The van der Waals surface area contributed by atoms with Gasteiger partial charge in [0.1, 0.15) is 0 Å². The Bertz CT molecular complexity index is 591. The minimum atomic E-state index is 0.00848. The Kier molecular flexibility index (Phi) is 3.08. The molecule has 1 aliphatic carbocycles. The Hall–Kier alpha value is -2.09. The van der Waals surface area contributed by atoms with Crippen LogP contribution < -0.4 is 5.32 Å². The largest absolute Gasteiger partial charge is 0.345 e. The van der Waals surface area contributed by atoms with Gasteiger partial charge in [0, 0.05) is 5.56 Å². The van der Waals surface area contributed by atoms with Gasteiger partial charge in [-0.3, -0.25) is 4.79 Å². The van der Waals surface area contributed by atoms with Crippen molar-refractivity contribution in [2.24, 2.45) is 5.92 Å². The predicted molar refractivity (Wildman–Crippen MR) is 76.0 cm³/mol. The monoisotopic (exact) mass is 251 g/mol. The van der Waals surface area contributed by atoms with Crippen LogP contribution in [-0.2, 0) is 6.42 Å². The zero-order valence-corrected chi connectivity index (χ0v) is 11.0. The van der Waals surface area contributed by atoms with Crippen LogP contribution in [0.5, 0.6) is 0 Å². The Balaban J connectivity index is 1.82. The maximum atomic E-state index is 12.2. The fraction of sp³-hybridized carbons (Fsp3) is 0.235. The number of hydrogen-bond donors (Lipinski definition) is 1. The van der Waals surface area contributed by atoms with Crippen molar-refractivity contribution < 1.29 is 4.79 Å². The van der Waals surface area contributed by atoms with E-state index in [0.717, 1.165) is 12.0 Å². The molecule has 0 fully saturated rings. The van der Waals surface area contributed by atoms with Crippen molar-refractivity contribution >= 4 is 5.91 Å². The lowest BCUT2D eigenvalue weighted by molar-refractivity contribution is 0.0927. The van der Waals surface area contributed by atoms with E-state index in [1.165, 1.54) is 11.1 Å². The van der Waals surface area contributed by atoms with E-state index in [4.69, 9.17) is 0 Å². The summed E-state index contributed by atoms with van der Waals surface area (Å²) in [6.07, 6.45) is 1.04. The van der Waals surface area contributed by atoms with E-state index >= 15 is 0 Å². The van der Waals surface area contributed by atoms with Crippen LogP contribution in [-0.4, -0.2) is 5.91 Å². The van der Waals surface area contributed by atoms with Crippen LogP contribution in [0.3, 0.4) is 0 Å². The highest BCUT2D eigenvalue weighted by Crippen LogP contribution is 2.35. The molecule has 0 spiro atoms. The number of nitrogens with one attached hydrogen (secondary N) is 1. The van der Waals surface area contributed by atoms with Crippen molar-refractivity contribution in [3.63, 3.8) is 0 Å². The highest BCUT2D eigenvalue weighted by molar-refractivity contribution is 5.94. The number of carbonyl (C=O) groups is 1. The number of hydrogen-bond acceptors (Lipinski definition) is 1. The summed E-state index contributed by atoms with van der Waals surface area (Å²) in [7, 11) is 0. The molecular weight excluding hydrogens is 234 g/mol. The second kappa shape index (κ2) is 4.88. The molecule has 0 saturated carbocycles. The highest BCUT2D eigenvalue weighted by Gasteiger charge is 2.30. The summed E-state index contributed by atoms with van der Waals surface area (Å²) in [5, 5.41) is 3.16. The van der Waals surface area contributed by atoms with Crippen molar-refractivity contribution in [3.05, 3.63) is 71.3 Å². The van der Waals surface area contributed by atoms with Crippen molar-refractivity contribution in [1.82, 2.24) is 5.32 Å². The second-order valence-electron chi connectivity index (χ2n) is 5.20. The van der Waals surface area contributed by atoms with Gasteiger partial charge < -0.3 is 5.32 Å². The molecule has 0 bridgehead atoms. The van der Waals surface area contributed by atoms with Crippen LogP contribution in [0.25, 0.3) is 0 Å². The van der Waals surface area contributed by atoms with E-state index in [1.807, 2.05) is 36.4 Å². The van der Waals surface area contributed by atoms with Crippen LogP contribution in [0.15, 0.2) is 54.6 Å². The van der Waals surface area contributed by atoms with Gasteiger partial charge in [0.15, 0.2) is 0 Å². The third-order valence-corrected chi connectivity index (χ3v) is 3.82. The summed E-state index contributed by atoms with van der Waals surface area (Å²) < 4.78 is 0. The second-order valence-corrected chi connectivity index (χ2v) is 5.20. The smallest absolute Gasteiger partial charge is 0.251 e. The van der Waals surface area contributed by atoms with E-state index in [2.05, 4.69) is 30.4 Å². The van der Waals surface area contributed by atoms with Crippen LogP contribution in [0.2, 0.25) is 0 Å². The SMILES string of the molecule is CC1Cc2ccccc2C1NC(=O)c1ccccc1.